The van der Waals surface area contributed by atoms with Crippen LogP contribution in [0, 0.1) is 0 Å². The Kier molecular flexibility index (Phi) is 2.97. The zero-order chi connectivity index (χ0) is 11.7. The molecule has 2 aliphatic rings. The van der Waals surface area contributed by atoms with Crippen molar-refractivity contribution in [1.29, 1.82) is 0 Å². The molecule has 1 fully saturated rings. The minimum absolute atomic E-state index is 0.685. The molecule has 2 nitrogen and oxygen atoms in total. The topological polar surface area (TPSA) is 18.5 Å². The molecule has 3 rings (SSSR count). The van der Waals surface area contributed by atoms with Gasteiger partial charge in [-0.15, -0.1) is 0 Å². The van der Waals surface area contributed by atoms with E-state index >= 15 is 0 Å². The molecule has 1 aromatic rings. The van der Waals surface area contributed by atoms with Crippen LogP contribution in [0.3, 0.4) is 0 Å². The molecular weight excluding hydrogens is 228 g/mol. The van der Waals surface area contributed by atoms with Crippen molar-refractivity contribution in [3.63, 3.8) is 0 Å². The van der Waals surface area contributed by atoms with Crippen molar-refractivity contribution in [3.05, 3.63) is 29.8 Å². The Balaban J connectivity index is 1.81. The molecule has 0 saturated heterocycles. The van der Waals surface area contributed by atoms with Gasteiger partial charge in [-0.2, -0.15) is 0 Å². The van der Waals surface area contributed by atoms with Crippen LogP contribution in [0.25, 0.3) is 0 Å². The van der Waals surface area contributed by atoms with Crippen LogP contribution in [0.15, 0.2) is 24.3 Å². The summed E-state index contributed by atoms with van der Waals surface area (Å²) in [6.45, 7) is 2.99. The highest BCUT2D eigenvalue weighted by atomic mass is 28.4. The summed E-state index contributed by atoms with van der Waals surface area (Å²) < 4.78 is 12.4. The van der Waals surface area contributed by atoms with E-state index in [0.29, 0.717) is 5.54 Å². The van der Waals surface area contributed by atoms with Gasteiger partial charge in [0.15, 0.2) is 0 Å². The standard InChI is InChI=1S/C14H20O2Si/c1-17(13-8-3-2-4-9-13)15-11-12-7-5-6-10-14(12)16-17/h5-7,10,13H,2-4,8-9,11H2,1H3. The Bertz CT molecular complexity index is 401. The third kappa shape index (κ3) is 2.14. The molecule has 3 heteroatoms. The first kappa shape index (κ1) is 11.3. The molecule has 0 spiro atoms. The molecule has 1 saturated carbocycles. The maximum atomic E-state index is 6.28. The van der Waals surface area contributed by atoms with Crippen molar-refractivity contribution in [3.8, 4) is 5.75 Å². The number of fused-ring (bicyclic) bond motifs is 1. The van der Waals surface area contributed by atoms with Gasteiger partial charge in [0.05, 0.1) is 6.61 Å². The second-order valence-electron chi connectivity index (χ2n) is 5.35. The maximum absolute atomic E-state index is 6.28. The lowest BCUT2D eigenvalue weighted by Crippen LogP contribution is -2.49. The van der Waals surface area contributed by atoms with E-state index in [0.717, 1.165) is 12.4 Å². The highest BCUT2D eigenvalue weighted by Gasteiger charge is 2.45. The SMILES string of the molecule is C[Si]1(C2CCCCC2)OCc2ccccc2O1. The zero-order valence-corrected chi connectivity index (χ0v) is 11.4. The summed E-state index contributed by atoms with van der Waals surface area (Å²) in [5.74, 6) is 1.07. The number of hydrogen-bond acceptors (Lipinski definition) is 2. The summed E-state index contributed by atoms with van der Waals surface area (Å²) in [6.07, 6.45) is 6.68. The molecule has 0 bridgehead atoms. The van der Waals surface area contributed by atoms with E-state index in [1.165, 1.54) is 37.7 Å². The Morgan fingerprint density at radius 3 is 2.71 bits per heavy atom. The van der Waals surface area contributed by atoms with Crippen LogP contribution in [0.4, 0.5) is 0 Å². The highest BCUT2D eigenvalue weighted by molar-refractivity contribution is 6.68. The molecule has 17 heavy (non-hydrogen) atoms. The molecule has 0 radical (unpaired) electrons. The van der Waals surface area contributed by atoms with Crippen LogP contribution in [-0.2, 0) is 11.0 Å². The smallest absolute Gasteiger partial charge is 0.399 e. The van der Waals surface area contributed by atoms with E-state index in [4.69, 9.17) is 8.85 Å². The fourth-order valence-corrected chi connectivity index (χ4v) is 6.02. The van der Waals surface area contributed by atoms with Crippen molar-refractivity contribution in [1.82, 2.24) is 0 Å². The highest BCUT2D eigenvalue weighted by Crippen LogP contribution is 2.42. The van der Waals surface area contributed by atoms with Gasteiger partial charge >= 0.3 is 8.56 Å². The van der Waals surface area contributed by atoms with Crippen molar-refractivity contribution < 1.29 is 8.85 Å². The van der Waals surface area contributed by atoms with E-state index < -0.39 is 8.56 Å². The van der Waals surface area contributed by atoms with Crippen LogP contribution >= 0.6 is 0 Å². The first-order valence-corrected chi connectivity index (χ1v) is 9.08. The molecule has 1 unspecified atom stereocenters. The van der Waals surface area contributed by atoms with Gasteiger partial charge in [0, 0.05) is 11.1 Å². The minimum Gasteiger partial charge on any atom is -0.520 e. The quantitative estimate of drug-likeness (QED) is 0.699. The van der Waals surface area contributed by atoms with Crippen molar-refractivity contribution in [2.45, 2.75) is 50.8 Å². The van der Waals surface area contributed by atoms with Crippen LogP contribution < -0.4 is 4.43 Å². The molecule has 0 amide bonds. The van der Waals surface area contributed by atoms with Gasteiger partial charge in [-0.3, -0.25) is 0 Å². The van der Waals surface area contributed by atoms with E-state index in [2.05, 4.69) is 30.8 Å². The lowest BCUT2D eigenvalue weighted by molar-refractivity contribution is 0.187. The Labute approximate surface area is 104 Å². The lowest BCUT2D eigenvalue weighted by atomic mass is 10.0. The van der Waals surface area contributed by atoms with E-state index in [1.54, 1.807) is 0 Å². The minimum atomic E-state index is -1.99. The molecular formula is C14H20O2Si. The second-order valence-corrected chi connectivity index (χ2v) is 8.69. The molecule has 1 heterocycles. The number of para-hydroxylation sites is 1. The predicted octanol–water partition coefficient (Wildman–Crippen LogP) is 4.00. The van der Waals surface area contributed by atoms with E-state index in [9.17, 15) is 0 Å². The average molecular weight is 248 g/mol. The molecule has 0 aromatic heterocycles. The fourth-order valence-electron chi connectivity index (χ4n) is 3.02. The Morgan fingerprint density at radius 1 is 1.12 bits per heavy atom. The Morgan fingerprint density at radius 2 is 1.88 bits per heavy atom. The summed E-state index contributed by atoms with van der Waals surface area (Å²) in [4.78, 5) is 0. The third-order valence-corrected chi connectivity index (χ3v) is 7.55. The van der Waals surface area contributed by atoms with Gasteiger partial charge in [-0.05, 0) is 25.5 Å². The fraction of sp³-hybridized carbons (Fsp3) is 0.571. The molecule has 0 N–H and O–H groups in total. The van der Waals surface area contributed by atoms with Gasteiger partial charge < -0.3 is 8.85 Å². The number of benzene rings is 1. The van der Waals surface area contributed by atoms with Gasteiger partial charge in [0.25, 0.3) is 0 Å². The van der Waals surface area contributed by atoms with E-state index in [-0.39, 0.29) is 0 Å². The summed E-state index contributed by atoms with van der Waals surface area (Å²) in [5.41, 5.74) is 1.89. The largest absolute Gasteiger partial charge is 0.520 e. The third-order valence-electron chi connectivity index (χ3n) is 4.15. The number of rotatable bonds is 1. The zero-order valence-electron chi connectivity index (χ0n) is 10.4. The summed E-state index contributed by atoms with van der Waals surface area (Å²) in [5, 5.41) is 0. The molecule has 1 aliphatic heterocycles. The summed E-state index contributed by atoms with van der Waals surface area (Å²) >= 11 is 0. The van der Waals surface area contributed by atoms with Crippen molar-refractivity contribution in [2.24, 2.45) is 0 Å². The van der Waals surface area contributed by atoms with Gasteiger partial charge in [0.2, 0.25) is 0 Å². The predicted molar refractivity (Wildman–Crippen MR) is 70.3 cm³/mol. The van der Waals surface area contributed by atoms with E-state index in [1.807, 2.05) is 0 Å². The molecule has 1 atom stereocenters. The average Bonchev–Trinajstić information content (AvgIpc) is 2.40. The van der Waals surface area contributed by atoms with Crippen molar-refractivity contribution >= 4 is 8.56 Å². The van der Waals surface area contributed by atoms with Gasteiger partial charge in [-0.25, -0.2) is 0 Å². The summed E-state index contributed by atoms with van der Waals surface area (Å²) in [7, 11) is -1.99. The molecule has 1 aliphatic carbocycles. The summed E-state index contributed by atoms with van der Waals surface area (Å²) in [6, 6.07) is 8.30. The first-order chi connectivity index (χ1) is 8.28. The molecule has 92 valence electrons. The van der Waals surface area contributed by atoms with Crippen LogP contribution in [-0.4, -0.2) is 8.56 Å². The van der Waals surface area contributed by atoms with Gasteiger partial charge in [-0.1, -0.05) is 37.5 Å². The van der Waals surface area contributed by atoms with Crippen molar-refractivity contribution in [2.75, 3.05) is 0 Å². The second kappa shape index (κ2) is 4.46. The van der Waals surface area contributed by atoms with Crippen LogP contribution in [0.5, 0.6) is 5.75 Å². The lowest BCUT2D eigenvalue weighted by Gasteiger charge is -2.40. The monoisotopic (exact) mass is 248 g/mol. The normalized spacial score (nSPS) is 29.5. The number of hydrogen-bond donors (Lipinski definition) is 0. The Hall–Kier alpha value is -0.803. The van der Waals surface area contributed by atoms with Crippen LogP contribution in [0.1, 0.15) is 37.7 Å². The maximum Gasteiger partial charge on any atom is 0.399 e. The van der Waals surface area contributed by atoms with Crippen LogP contribution in [0.2, 0.25) is 12.1 Å². The van der Waals surface area contributed by atoms with Gasteiger partial charge in [0.1, 0.15) is 5.75 Å². The first-order valence-electron chi connectivity index (χ1n) is 6.69. The molecule has 1 aromatic carbocycles.